The molecule has 0 aliphatic carbocycles. The van der Waals surface area contributed by atoms with Crippen molar-refractivity contribution in [3.05, 3.63) is 35.9 Å². The minimum atomic E-state index is 0.112. The maximum Gasteiger partial charge on any atom is 0.321 e. The maximum atomic E-state index is 12.0. The van der Waals surface area contributed by atoms with Crippen molar-refractivity contribution in [2.75, 3.05) is 13.1 Å². The molecule has 2 amide bonds. The minimum Gasteiger partial charge on any atom is -0.319 e. The van der Waals surface area contributed by atoms with Gasteiger partial charge in [-0.05, 0) is 12.5 Å². The van der Waals surface area contributed by atoms with Crippen molar-refractivity contribution < 1.29 is 4.79 Å². The van der Waals surface area contributed by atoms with Gasteiger partial charge in [0.15, 0.2) is 0 Å². The summed E-state index contributed by atoms with van der Waals surface area (Å²) in [5.74, 6) is 0. The Hall–Kier alpha value is -1.03. The van der Waals surface area contributed by atoms with E-state index in [9.17, 15) is 4.79 Å². The molecule has 0 bridgehead atoms. The van der Waals surface area contributed by atoms with Crippen LogP contribution in [0.4, 0.5) is 4.79 Å². The number of amides is 2. The summed E-state index contributed by atoms with van der Waals surface area (Å²) >= 11 is 3.43. The van der Waals surface area contributed by atoms with E-state index >= 15 is 0 Å². The first-order valence-corrected chi connectivity index (χ1v) is 6.33. The summed E-state index contributed by atoms with van der Waals surface area (Å²) in [6.07, 6.45) is 0. The van der Waals surface area contributed by atoms with Gasteiger partial charge in [0.25, 0.3) is 0 Å². The highest BCUT2D eigenvalue weighted by molar-refractivity contribution is 9.09. The van der Waals surface area contributed by atoms with Gasteiger partial charge in [-0.15, -0.1) is 0 Å². The summed E-state index contributed by atoms with van der Waals surface area (Å²) in [5, 5.41) is 0. The first-order chi connectivity index (χ1) is 7.68. The second-order valence-corrected chi connectivity index (χ2v) is 5.28. The molecule has 86 valence electrons. The number of rotatable bonds is 3. The number of nitrogens with zero attached hydrogens (tertiary/aromatic N) is 2. The van der Waals surface area contributed by atoms with E-state index < -0.39 is 0 Å². The normalized spacial score (nSPS) is 18.0. The Morgan fingerprint density at radius 3 is 2.56 bits per heavy atom. The molecule has 0 aromatic heterocycles. The predicted molar refractivity (Wildman–Crippen MR) is 67.3 cm³/mol. The van der Waals surface area contributed by atoms with Crippen LogP contribution in [0.5, 0.6) is 0 Å². The second-order valence-electron chi connectivity index (χ2n) is 3.96. The Morgan fingerprint density at radius 2 is 2.00 bits per heavy atom. The molecule has 0 N–H and O–H groups in total. The molecule has 2 rings (SSSR count). The second kappa shape index (κ2) is 4.87. The van der Waals surface area contributed by atoms with Crippen LogP contribution in [0.25, 0.3) is 0 Å². The third-order valence-corrected chi connectivity index (χ3v) is 3.27. The largest absolute Gasteiger partial charge is 0.321 e. The smallest absolute Gasteiger partial charge is 0.319 e. The lowest BCUT2D eigenvalue weighted by Gasteiger charge is -2.20. The van der Waals surface area contributed by atoms with Crippen LogP contribution in [0.1, 0.15) is 12.5 Å². The molecule has 0 radical (unpaired) electrons. The van der Waals surface area contributed by atoms with Gasteiger partial charge in [-0.3, -0.25) is 0 Å². The van der Waals surface area contributed by atoms with Gasteiger partial charge in [-0.25, -0.2) is 4.79 Å². The van der Waals surface area contributed by atoms with Gasteiger partial charge >= 0.3 is 6.03 Å². The Morgan fingerprint density at radius 1 is 1.31 bits per heavy atom. The monoisotopic (exact) mass is 282 g/mol. The molecule has 1 aliphatic heterocycles. The minimum absolute atomic E-state index is 0.112. The molecule has 1 aliphatic rings. The lowest BCUT2D eigenvalue weighted by molar-refractivity contribution is 0.190. The van der Waals surface area contributed by atoms with E-state index in [4.69, 9.17) is 0 Å². The third-order valence-electron chi connectivity index (χ3n) is 2.77. The average Bonchev–Trinajstić information content (AvgIpc) is 2.62. The van der Waals surface area contributed by atoms with Gasteiger partial charge in [0.05, 0.1) is 4.95 Å². The fourth-order valence-electron chi connectivity index (χ4n) is 1.88. The van der Waals surface area contributed by atoms with Crippen molar-refractivity contribution in [3.8, 4) is 0 Å². The summed E-state index contributed by atoms with van der Waals surface area (Å²) in [6.45, 7) is 4.29. The molecular weight excluding hydrogens is 268 g/mol. The molecule has 1 aromatic carbocycles. The highest BCUT2D eigenvalue weighted by Crippen LogP contribution is 2.18. The summed E-state index contributed by atoms with van der Waals surface area (Å²) in [5.41, 5.74) is 1.18. The molecule has 0 spiro atoms. The van der Waals surface area contributed by atoms with E-state index in [-0.39, 0.29) is 11.0 Å². The molecule has 1 atom stereocenters. The standard InChI is InChI=1S/C12H15BrN2O/c1-10(13)15-8-7-14(12(15)16)9-11-5-3-2-4-6-11/h2-6,10H,7-9H2,1H3. The number of hydrogen-bond acceptors (Lipinski definition) is 1. The van der Waals surface area contributed by atoms with Crippen molar-refractivity contribution in [1.29, 1.82) is 0 Å². The first kappa shape index (κ1) is 11.5. The summed E-state index contributed by atoms with van der Waals surface area (Å²) in [4.78, 5) is 15.8. The van der Waals surface area contributed by atoms with Crippen LogP contribution < -0.4 is 0 Å². The maximum absolute atomic E-state index is 12.0. The van der Waals surface area contributed by atoms with Crippen LogP contribution in [0, 0.1) is 0 Å². The molecule has 1 saturated heterocycles. The lowest BCUT2D eigenvalue weighted by Crippen LogP contribution is -2.34. The lowest BCUT2D eigenvalue weighted by atomic mass is 10.2. The van der Waals surface area contributed by atoms with Gasteiger partial charge in [0, 0.05) is 19.6 Å². The quantitative estimate of drug-likeness (QED) is 0.618. The van der Waals surface area contributed by atoms with E-state index in [1.807, 2.05) is 47.1 Å². The van der Waals surface area contributed by atoms with Gasteiger partial charge in [-0.2, -0.15) is 0 Å². The molecule has 3 nitrogen and oxygen atoms in total. The Bertz CT molecular complexity index is 367. The van der Waals surface area contributed by atoms with Crippen LogP contribution in [-0.4, -0.2) is 33.9 Å². The summed E-state index contributed by atoms with van der Waals surface area (Å²) in [7, 11) is 0. The van der Waals surface area contributed by atoms with E-state index in [1.165, 1.54) is 5.56 Å². The number of alkyl halides is 1. The van der Waals surface area contributed by atoms with E-state index in [0.29, 0.717) is 6.54 Å². The first-order valence-electron chi connectivity index (χ1n) is 5.42. The zero-order valence-corrected chi connectivity index (χ0v) is 10.9. The van der Waals surface area contributed by atoms with Gasteiger partial charge in [-0.1, -0.05) is 46.3 Å². The van der Waals surface area contributed by atoms with Crippen LogP contribution >= 0.6 is 15.9 Å². The number of carbonyl (C=O) groups is 1. The average molecular weight is 283 g/mol. The van der Waals surface area contributed by atoms with Crippen LogP contribution in [0.15, 0.2) is 30.3 Å². The molecule has 0 saturated carbocycles. The SMILES string of the molecule is CC(Br)N1CCN(Cc2ccccc2)C1=O. The Balaban J connectivity index is 2.01. The van der Waals surface area contributed by atoms with E-state index in [0.717, 1.165) is 13.1 Å². The van der Waals surface area contributed by atoms with Crippen molar-refractivity contribution in [2.45, 2.75) is 18.4 Å². The molecule has 1 unspecified atom stereocenters. The molecule has 1 aromatic rings. The number of hydrogen-bond donors (Lipinski definition) is 0. The molecule has 1 fully saturated rings. The highest BCUT2D eigenvalue weighted by Gasteiger charge is 2.30. The zero-order chi connectivity index (χ0) is 11.5. The molecular formula is C12H15BrN2O. The van der Waals surface area contributed by atoms with Crippen molar-refractivity contribution in [3.63, 3.8) is 0 Å². The molecule has 4 heteroatoms. The van der Waals surface area contributed by atoms with Crippen LogP contribution in [-0.2, 0) is 6.54 Å². The zero-order valence-electron chi connectivity index (χ0n) is 9.27. The third kappa shape index (κ3) is 2.38. The van der Waals surface area contributed by atoms with E-state index in [2.05, 4.69) is 15.9 Å². The predicted octanol–water partition coefficient (Wildman–Crippen LogP) is 2.67. The van der Waals surface area contributed by atoms with Gasteiger partial charge in [0.2, 0.25) is 0 Å². The molecule has 1 heterocycles. The summed E-state index contributed by atoms with van der Waals surface area (Å²) < 4.78 is 0. The summed E-state index contributed by atoms with van der Waals surface area (Å²) in [6, 6.07) is 10.2. The fraction of sp³-hybridized carbons (Fsp3) is 0.417. The van der Waals surface area contributed by atoms with Crippen molar-refractivity contribution in [2.24, 2.45) is 0 Å². The molecule has 16 heavy (non-hydrogen) atoms. The Labute approximate surface area is 104 Å². The number of halogens is 1. The number of benzene rings is 1. The number of urea groups is 1. The van der Waals surface area contributed by atoms with Gasteiger partial charge < -0.3 is 9.80 Å². The topological polar surface area (TPSA) is 23.6 Å². The van der Waals surface area contributed by atoms with Crippen molar-refractivity contribution in [1.82, 2.24) is 9.80 Å². The van der Waals surface area contributed by atoms with Crippen LogP contribution in [0.3, 0.4) is 0 Å². The number of carbonyl (C=O) groups excluding carboxylic acids is 1. The van der Waals surface area contributed by atoms with Crippen LogP contribution in [0.2, 0.25) is 0 Å². The fourth-order valence-corrected chi connectivity index (χ4v) is 2.26. The van der Waals surface area contributed by atoms with Gasteiger partial charge in [0.1, 0.15) is 0 Å². The highest BCUT2D eigenvalue weighted by atomic mass is 79.9. The Kier molecular flexibility index (Phi) is 3.49. The van der Waals surface area contributed by atoms with Crippen molar-refractivity contribution >= 4 is 22.0 Å². The van der Waals surface area contributed by atoms with E-state index in [1.54, 1.807) is 0 Å².